The summed E-state index contributed by atoms with van der Waals surface area (Å²) in [6.07, 6.45) is 0. The van der Waals surface area contributed by atoms with Gasteiger partial charge < -0.3 is 9.84 Å². The molecule has 3 nitrogen and oxygen atoms in total. The molecule has 19 heavy (non-hydrogen) atoms. The van der Waals surface area contributed by atoms with Crippen molar-refractivity contribution in [2.75, 3.05) is 0 Å². The van der Waals surface area contributed by atoms with Crippen molar-refractivity contribution in [2.45, 2.75) is 6.92 Å². The molecule has 2 rings (SSSR count). The van der Waals surface area contributed by atoms with E-state index in [0.717, 1.165) is 23.8 Å². The number of benzene rings is 2. The first-order valence-corrected chi connectivity index (χ1v) is 5.44. The Bertz CT molecular complexity index is 639. The monoisotopic (exact) mass is 264 g/mol. The molecule has 0 saturated carbocycles. The van der Waals surface area contributed by atoms with E-state index < -0.39 is 17.6 Å². The van der Waals surface area contributed by atoms with Crippen LogP contribution in [0.4, 0.5) is 8.78 Å². The third-order valence-electron chi connectivity index (χ3n) is 2.48. The molecule has 0 aliphatic rings. The van der Waals surface area contributed by atoms with Gasteiger partial charge in [-0.1, -0.05) is 11.6 Å². The van der Waals surface area contributed by atoms with Gasteiger partial charge in [0.15, 0.2) is 11.6 Å². The number of aryl methyl sites for hydroxylation is 1. The molecule has 5 heteroatoms. The normalized spacial score (nSPS) is 10.3. The second kappa shape index (κ2) is 5.06. The SMILES string of the molecule is Cc1ccc(Oc2cc(F)ccc2F)c(C(=O)O)c1. The lowest BCUT2D eigenvalue weighted by atomic mass is 10.1. The quantitative estimate of drug-likeness (QED) is 0.918. The Morgan fingerprint density at radius 3 is 2.53 bits per heavy atom. The molecule has 2 aromatic rings. The largest absolute Gasteiger partial charge is 0.478 e. The Labute approximate surface area is 108 Å². The predicted octanol–water partition coefficient (Wildman–Crippen LogP) is 3.76. The molecule has 1 N–H and O–H groups in total. The molecule has 0 fully saturated rings. The van der Waals surface area contributed by atoms with Crippen LogP contribution in [0.25, 0.3) is 0 Å². The van der Waals surface area contributed by atoms with E-state index in [1.807, 2.05) is 0 Å². The van der Waals surface area contributed by atoms with Crippen LogP contribution in [0.3, 0.4) is 0 Å². The molecular weight excluding hydrogens is 254 g/mol. The maximum Gasteiger partial charge on any atom is 0.339 e. The molecule has 2 aromatic carbocycles. The van der Waals surface area contributed by atoms with Gasteiger partial charge in [0.1, 0.15) is 17.1 Å². The van der Waals surface area contributed by atoms with E-state index >= 15 is 0 Å². The number of halogens is 2. The summed E-state index contributed by atoms with van der Waals surface area (Å²) < 4.78 is 31.6. The minimum Gasteiger partial charge on any atom is -0.478 e. The maximum atomic E-state index is 13.4. The minimum absolute atomic E-state index is 0.0393. The standard InChI is InChI=1S/C14H10F2O3/c1-8-2-5-12(10(6-8)14(17)18)19-13-7-9(15)3-4-11(13)16/h2-7H,1H3,(H,17,18). The summed E-state index contributed by atoms with van der Waals surface area (Å²) in [5, 5.41) is 9.04. The fourth-order valence-electron chi connectivity index (χ4n) is 1.57. The van der Waals surface area contributed by atoms with E-state index in [-0.39, 0.29) is 17.1 Å². The lowest BCUT2D eigenvalue weighted by Crippen LogP contribution is -2.01. The van der Waals surface area contributed by atoms with Gasteiger partial charge in [-0.2, -0.15) is 0 Å². The number of carboxylic acids is 1. The molecule has 0 bridgehead atoms. The van der Waals surface area contributed by atoms with Crippen molar-refractivity contribution in [2.24, 2.45) is 0 Å². The van der Waals surface area contributed by atoms with Crippen molar-refractivity contribution in [3.63, 3.8) is 0 Å². The van der Waals surface area contributed by atoms with Gasteiger partial charge in [-0.15, -0.1) is 0 Å². The number of ether oxygens (including phenoxy) is 1. The summed E-state index contributed by atoms with van der Waals surface area (Å²) >= 11 is 0. The van der Waals surface area contributed by atoms with E-state index in [1.165, 1.54) is 12.1 Å². The molecule has 0 aromatic heterocycles. The zero-order valence-electron chi connectivity index (χ0n) is 9.98. The van der Waals surface area contributed by atoms with Crippen molar-refractivity contribution >= 4 is 5.97 Å². The van der Waals surface area contributed by atoms with Crippen LogP contribution in [0.2, 0.25) is 0 Å². The third-order valence-corrected chi connectivity index (χ3v) is 2.48. The molecule has 0 aliphatic heterocycles. The highest BCUT2D eigenvalue weighted by atomic mass is 19.1. The van der Waals surface area contributed by atoms with E-state index in [1.54, 1.807) is 13.0 Å². The topological polar surface area (TPSA) is 46.5 Å². The number of hydrogen-bond acceptors (Lipinski definition) is 2. The summed E-state index contributed by atoms with van der Waals surface area (Å²) in [7, 11) is 0. The number of aromatic carboxylic acids is 1. The summed E-state index contributed by atoms with van der Waals surface area (Å²) in [5.74, 6) is -3.02. The van der Waals surface area contributed by atoms with Gasteiger partial charge in [-0.25, -0.2) is 13.6 Å². The molecule has 0 atom stereocenters. The van der Waals surface area contributed by atoms with Crippen molar-refractivity contribution in [3.8, 4) is 11.5 Å². The summed E-state index contributed by atoms with van der Waals surface area (Å²) in [4.78, 5) is 11.1. The fraction of sp³-hybridized carbons (Fsp3) is 0.0714. The second-order valence-corrected chi connectivity index (χ2v) is 3.98. The molecule has 0 heterocycles. The van der Waals surface area contributed by atoms with Crippen molar-refractivity contribution in [3.05, 3.63) is 59.2 Å². The Morgan fingerprint density at radius 2 is 1.84 bits per heavy atom. The van der Waals surface area contributed by atoms with Crippen LogP contribution in [0.15, 0.2) is 36.4 Å². The highest BCUT2D eigenvalue weighted by Gasteiger charge is 2.14. The van der Waals surface area contributed by atoms with Gasteiger partial charge >= 0.3 is 5.97 Å². The number of hydrogen-bond donors (Lipinski definition) is 1. The van der Waals surface area contributed by atoms with Gasteiger partial charge in [0.05, 0.1) is 0 Å². The molecule has 0 saturated heterocycles. The molecule has 0 amide bonds. The highest BCUT2D eigenvalue weighted by Crippen LogP contribution is 2.28. The van der Waals surface area contributed by atoms with Crippen molar-refractivity contribution < 1.29 is 23.4 Å². The van der Waals surface area contributed by atoms with Crippen LogP contribution in [0.1, 0.15) is 15.9 Å². The molecule has 0 radical (unpaired) electrons. The third kappa shape index (κ3) is 2.88. The maximum absolute atomic E-state index is 13.4. The van der Waals surface area contributed by atoms with Gasteiger partial charge in [0.25, 0.3) is 0 Å². The van der Waals surface area contributed by atoms with E-state index in [2.05, 4.69) is 0 Å². The lowest BCUT2D eigenvalue weighted by Gasteiger charge is -2.10. The number of carbonyl (C=O) groups is 1. The second-order valence-electron chi connectivity index (χ2n) is 3.98. The average Bonchev–Trinajstić information content (AvgIpc) is 2.35. The van der Waals surface area contributed by atoms with E-state index in [9.17, 15) is 13.6 Å². The van der Waals surface area contributed by atoms with Crippen LogP contribution in [-0.4, -0.2) is 11.1 Å². The molecule has 98 valence electrons. The Morgan fingerprint density at radius 1 is 1.11 bits per heavy atom. The number of carboxylic acid groups (broad SMARTS) is 1. The number of rotatable bonds is 3. The smallest absolute Gasteiger partial charge is 0.339 e. The zero-order valence-corrected chi connectivity index (χ0v) is 9.98. The van der Waals surface area contributed by atoms with Crippen LogP contribution in [-0.2, 0) is 0 Å². The first-order valence-electron chi connectivity index (χ1n) is 5.44. The Kier molecular flexibility index (Phi) is 3.46. The van der Waals surface area contributed by atoms with Crippen LogP contribution in [0, 0.1) is 18.6 Å². The van der Waals surface area contributed by atoms with Crippen LogP contribution >= 0.6 is 0 Å². The summed E-state index contributed by atoms with van der Waals surface area (Å²) in [5.41, 5.74) is 0.619. The zero-order chi connectivity index (χ0) is 14.0. The Balaban J connectivity index is 2.43. The lowest BCUT2D eigenvalue weighted by molar-refractivity contribution is 0.0694. The summed E-state index contributed by atoms with van der Waals surface area (Å²) in [6, 6.07) is 7.16. The average molecular weight is 264 g/mol. The van der Waals surface area contributed by atoms with Crippen molar-refractivity contribution in [1.82, 2.24) is 0 Å². The molecule has 0 aliphatic carbocycles. The van der Waals surface area contributed by atoms with E-state index in [0.29, 0.717) is 0 Å². The van der Waals surface area contributed by atoms with Gasteiger partial charge in [-0.3, -0.25) is 0 Å². The predicted molar refractivity (Wildman–Crippen MR) is 64.6 cm³/mol. The molecular formula is C14H10F2O3. The first-order chi connectivity index (χ1) is 8.97. The Hall–Kier alpha value is -2.43. The van der Waals surface area contributed by atoms with Gasteiger partial charge in [0.2, 0.25) is 0 Å². The highest BCUT2D eigenvalue weighted by molar-refractivity contribution is 5.91. The van der Waals surface area contributed by atoms with Crippen LogP contribution < -0.4 is 4.74 Å². The molecule has 0 spiro atoms. The minimum atomic E-state index is -1.20. The van der Waals surface area contributed by atoms with Gasteiger partial charge in [0, 0.05) is 6.07 Å². The van der Waals surface area contributed by atoms with Crippen LogP contribution in [0.5, 0.6) is 11.5 Å². The first kappa shape index (κ1) is 13.0. The molecule has 0 unspecified atom stereocenters. The van der Waals surface area contributed by atoms with Gasteiger partial charge in [-0.05, 0) is 31.2 Å². The summed E-state index contributed by atoms with van der Waals surface area (Å²) in [6.45, 7) is 1.72. The van der Waals surface area contributed by atoms with E-state index in [4.69, 9.17) is 9.84 Å². The van der Waals surface area contributed by atoms with Crippen molar-refractivity contribution in [1.29, 1.82) is 0 Å². The fourth-order valence-corrected chi connectivity index (χ4v) is 1.57.